The van der Waals surface area contributed by atoms with Crippen molar-refractivity contribution in [2.75, 3.05) is 38.0 Å². The summed E-state index contributed by atoms with van der Waals surface area (Å²) < 4.78 is 15.3. The number of halogens is 1. The van der Waals surface area contributed by atoms with Gasteiger partial charge in [0.05, 0.1) is 6.54 Å². The van der Waals surface area contributed by atoms with Gasteiger partial charge in [-0.2, -0.15) is 5.10 Å². The number of amides is 2. The van der Waals surface area contributed by atoms with E-state index in [1.165, 1.54) is 10.7 Å². The molecule has 3 aromatic rings. The summed E-state index contributed by atoms with van der Waals surface area (Å²) >= 11 is 0. The van der Waals surface area contributed by atoms with Gasteiger partial charge in [0.25, 0.3) is 5.91 Å². The number of rotatable bonds is 5. The number of benzene rings is 2. The third-order valence-corrected chi connectivity index (χ3v) is 5.81. The summed E-state index contributed by atoms with van der Waals surface area (Å²) in [4.78, 5) is 29.0. The lowest BCUT2D eigenvalue weighted by atomic mass is 10.1. The Labute approximate surface area is 186 Å². The van der Waals surface area contributed by atoms with Crippen molar-refractivity contribution in [3.63, 3.8) is 0 Å². The van der Waals surface area contributed by atoms with Crippen molar-refractivity contribution in [1.82, 2.24) is 19.6 Å². The van der Waals surface area contributed by atoms with Crippen LogP contribution in [0.3, 0.4) is 0 Å². The predicted molar refractivity (Wildman–Crippen MR) is 120 cm³/mol. The first-order valence-corrected chi connectivity index (χ1v) is 10.6. The van der Waals surface area contributed by atoms with Crippen LogP contribution < -0.4 is 5.32 Å². The summed E-state index contributed by atoms with van der Waals surface area (Å²) in [7, 11) is 0. The van der Waals surface area contributed by atoms with Crippen LogP contribution in [0.15, 0.2) is 54.7 Å². The third kappa shape index (κ3) is 4.70. The van der Waals surface area contributed by atoms with Crippen LogP contribution in [0.5, 0.6) is 0 Å². The monoisotopic (exact) mass is 435 g/mol. The van der Waals surface area contributed by atoms with Crippen molar-refractivity contribution in [2.45, 2.75) is 13.8 Å². The second-order valence-corrected chi connectivity index (χ2v) is 7.96. The predicted octanol–water partition coefficient (Wildman–Crippen LogP) is 3.02. The van der Waals surface area contributed by atoms with Crippen molar-refractivity contribution in [2.24, 2.45) is 0 Å². The zero-order valence-corrected chi connectivity index (χ0v) is 18.2. The Balaban J connectivity index is 1.31. The van der Waals surface area contributed by atoms with Crippen LogP contribution in [-0.2, 0) is 4.79 Å². The molecule has 1 saturated heterocycles. The molecule has 0 atom stereocenters. The van der Waals surface area contributed by atoms with E-state index in [0.29, 0.717) is 31.9 Å². The van der Waals surface area contributed by atoms with E-state index in [1.54, 1.807) is 35.4 Å². The molecule has 166 valence electrons. The lowest BCUT2D eigenvalue weighted by Crippen LogP contribution is -2.50. The fourth-order valence-corrected chi connectivity index (χ4v) is 3.76. The Morgan fingerprint density at radius 1 is 1.00 bits per heavy atom. The first-order valence-electron chi connectivity index (χ1n) is 10.6. The fourth-order valence-electron chi connectivity index (χ4n) is 3.76. The van der Waals surface area contributed by atoms with Gasteiger partial charge in [-0.05, 0) is 49.2 Å². The summed E-state index contributed by atoms with van der Waals surface area (Å²) in [6, 6.07) is 13.7. The van der Waals surface area contributed by atoms with Crippen molar-refractivity contribution in [1.29, 1.82) is 0 Å². The SMILES string of the molecule is Cc1cccc(NC(=O)CN2CCN(C(=O)c3ccn(-c4ccccc4F)n3)CC2)c1C. The lowest BCUT2D eigenvalue weighted by molar-refractivity contribution is -0.117. The highest BCUT2D eigenvalue weighted by Crippen LogP contribution is 2.18. The van der Waals surface area contributed by atoms with Crippen LogP contribution in [0.25, 0.3) is 5.69 Å². The second-order valence-electron chi connectivity index (χ2n) is 7.96. The molecule has 1 N–H and O–H groups in total. The Bertz CT molecular complexity index is 1130. The molecule has 1 aliphatic rings. The minimum atomic E-state index is -0.401. The number of anilines is 1. The second kappa shape index (κ2) is 9.32. The molecule has 32 heavy (non-hydrogen) atoms. The molecule has 1 fully saturated rings. The molecule has 0 bridgehead atoms. The van der Waals surface area contributed by atoms with Crippen molar-refractivity contribution in [3.8, 4) is 5.69 Å². The van der Waals surface area contributed by atoms with Crippen molar-refractivity contribution in [3.05, 3.63) is 77.4 Å². The molecular weight excluding hydrogens is 409 g/mol. The van der Waals surface area contributed by atoms with E-state index in [2.05, 4.69) is 10.4 Å². The quantitative estimate of drug-likeness (QED) is 0.669. The van der Waals surface area contributed by atoms with E-state index < -0.39 is 5.82 Å². The minimum absolute atomic E-state index is 0.0675. The van der Waals surface area contributed by atoms with Crippen LogP contribution in [-0.4, -0.2) is 64.1 Å². The number of carbonyl (C=O) groups is 2. The van der Waals surface area contributed by atoms with Gasteiger partial charge in [0.15, 0.2) is 5.69 Å². The van der Waals surface area contributed by atoms with Gasteiger partial charge in [-0.1, -0.05) is 24.3 Å². The number of hydrogen-bond acceptors (Lipinski definition) is 4. The van der Waals surface area contributed by atoms with Crippen LogP contribution in [0.2, 0.25) is 0 Å². The van der Waals surface area contributed by atoms with Gasteiger partial charge < -0.3 is 10.2 Å². The van der Waals surface area contributed by atoms with Crippen molar-refractivity contribution < 1.29 is 14.0 Å². The number of carbonyl (C=O) groups excluding carboxylic acids is 2. The molecule has 0 radical (unpaired) electrons. The molecule has 2 amide bonds. The van der Waals surface area contributed by atoms with Gasteiger partial charge >= 0.3 is 0 Å². The Morgan fingerprint density at radius 3 is 2.50 bits per heavy atom. The minimum Gasteiger partial charge on any atom is -0.335 e. The van der Waals surface area contributed by atoms with E-state index in [9.17, 15) is 14.0 Å². The number of para-hydroxylation sites is 1. The van der Waals surface area contributed by atoms with Gasteiger partial charge in [0.2, 0.25) is 5.91 Å². The highest BCUT2D eigenvalue weighted by Gasteiger charge is 2.25. The maximum atomic E-state index is 14.0. The zero-order chi connectivity index (χ0) is 22.7. The average molecular weight is 436 g/mol. The van der Waals surface area contributed by atoms with Gasteiger partial charge in [-0.3, -0.25) is 14.5 Å². The summed E-state index contributed by atoms with van der Waals surface area (Å²) in [6.07, 6.45) is 1.58. The van der Waals surface area contributed by atoms with Crippen LogP contribution >= 0.6 is 0 Å². The van der Waals surface area contributed by atoms with E-state index in [-0.39, 0.29) is 24.1 Å². The molecule has 8 heteroatoms. The standard InChI is InChI=1S/C24H26FN5O2/c1-17-6-5-8-20(18(17)2)26-23(31)16-28-12-14-29(15-13-28)24(32)21-10-11-30(27-21)22-9-4-3-7-19(22)25/h3-11H,12-16H2,1-2H3,(H,26,31). The molecule has 0 saturated carbocycles. The Morgan fingerprint density at radius 2 is 1.75 bits per heavy atom. The lowest BCUT2D eigenvalue weighted by Gasteiger charge is -2.34. The number of aromatic nitrogens is 2. The van der Waals surface area contributed by atoms with Gasteiger partial charge in [0, 0.05) is 38.1 Å². The third-order valence-electron chi connectivity index (χ3n) is 5.81. The van der Waals surface area contributed by atoms with Crippen LogP contribution in [0.4, 0.5) is 10.1 Å². The van der Waals surface area contributed by atoms with E-state index in [4.69, 9.17) is 0 Å². The van der Waals surface area contributed by atoms with Crippen molar-refractivity contribution >= 4 is 17.5 Å². The molecular formula is C24H26FN5O2. The molecule has 2 heterocycles. The number of aryl methyl sites for hydroxylation is 1. The Kier molecular flexibility index (Phi) is 6.32. The van der Waals surface area contributed by atoms with Gasteiger partial charge in [-0.15, -0.1) is 0 Å². The van der Waals surface area contributed by atoms with Crippen LogP contribution in [0, 0.1) is 19.7 Å². The molecule has 0 unspecified atom stereocenters. The number of nitrogens with zero attached hydrogens (tertiary/aromatic N) is 4. The normalized spacial score (nSPS) is 14.4. The number of hydrogen-bond donors (Lipinski definition) is 1. The zero-order valence-electron chi connectivity index (χ0n) is 18.2. The van der Waals surface area contributed by atoms with E-state index >= 15 is 0 Å². The summed E-state index contributed by atoms with van der Waals surface area (Å²) in [5, 5.41) is 7.23. The first-order chi connectivity index (χ1) is 15.4. The molecule has 7 nitrogen and oxygen atoms in total. The molecule has 1 aromatic heterocycles. The maximum Gasteiger partial charge on any atom is 0.274 e. The molecule has 1 aliphatic heterocycles. The molecule has 2 aromatic carbocycles. The topological polar surface area (TPSA) is 70.5 Å². The first kappa shape index (κ1) is 21.7. The highest BCUT2D eigenvalue weighted by atomic mass is 19.1. The average Bonchev–Trinajstić information content (AvgIpc) is 3.27. The molecule has 4 rings (SSSR count). The fraction of sp³-hybridized carbons (Fsp3) is 0.292. The molecule has 0 spiro atoms. The number of piperazine rings is 1. The van der Waals surface area contributed by atoms with E-state index in [0.717, 1.165) is 16.8 Å². The summed E-state index contributed by atoms with van der Waals surface area (Å²) in [5.41, 5.74) is 3.59. The summed E-state index contributed by atoms with van der Waals surface area (Å²) in [5.74, 6) is -0.663. The van der Waals surface area contributed by atoms with Gasteiger partial charge in [-0.25, -0.2) is 9.07 Å². The molecule has 0 aliphatic carbocycles. The summed E-state index contributed by atoms with van der Waals surface area (Å²) in [6.45, 7) is 6.48. The Hall–Kier alpha value is -3.52. The smallest absolute Gasteiger partial charge is 0.274 e. The van der Waals surface area contributed by atoms with Crippen LogP contribution in [0.1, 0.15) is 21.6 Å². The number of nitrogens with one attached hydrogen (secondary N) is 1. The highest BCUT2D eigenvalue weighted by molar-refractivity contribution is 5.93. The van der Waals surface area contributed by atoms with Gasteiger partial charge in [0.1, 0.15) is 11.5 Å². The largest absolute Gasteiger partial charge is 0.335 e. The van der Waals surface area contributed by atoms with E-state index in [1.807, 2.05) is 36.9 Å². The maximum absolute atomic E-state index is 14.0.